The lowest BCUT2D eigenvalue weighted by atomic mass is 10.1. The number of carbonyl (C=O) groups is 1. The number of sulfone groups is 1. The second kappa shape index (κ2) is 7.82. The van der Waals surface area contributed by atoms with Crippen molar-refractivity contribution < 1.29 is 21.6 Å². The standard InChI is InChI=1S/C18H21ClN2O5S2/c1-18(2,3)21-28(25,26)16-11-12(5-10-15(16)19)17(22)20-13-6-8-14(9-7-13)27(4,23)24/h5-11,21H,1-4H3,(H,20,22). The van der Waals surface area contributed by atoms with Crippen LogP contribution < -0.4 is 10.0 Å². The predicted molar refractivity (Wildman–Crippen MR) is 109 cm³/mol. The molecule has 0 aromatic heterocycles. The van der Waals surface area contributed by atoms with Crippen molar-refractivity contribution in [3.8, 4) is 0 Å². The van der Waals surface area contributed by atoms with Gasteiger partial charge in [0, 0.05) is 23.0 Å². The van der Waals surface area contributed by atoms with Crippen LogP contribution in [0.2, 0.25) is 5.02 Å². The quantitative estimate of drug-likeness (QED) is 0.736. The molecule has 0 bridgehead atoms. The molecule has 0 aliphatic heterocycles. The Labute approximate surface area is 170 Å². The Kier molecular flexibility index (Phi) is 6.25. The largest absolute Gasteiger partial charge is 0.322 e. The highest BCUT2D eigenvalue weighted by Crippen LogP contribution is 2.24. The maximum atomic E-state index is 12.5. The number of rotatable bonds is 5. The zero-order chi connectivity index (χ0) is 21.3. The fourth-order valence-electron chi connectivity index (χ4n) is 2.30. The number of halogens is 1. The van der Waals surface area contributed by atoms with Crippen LogP contribution in [0.1, 0.15) is 31.1 Å². The Hall–Kier alpha value is -1.94. The van der Waals surface area contributed by atoms with E-state index in [2.05, 4.69) is 10.0 Å². The lowest BCUT2D eigenvalue weighted by Gasteiger charge is -2.21. The van der Waals surface area contributed by atoms with Gasteiger partial charge < -0.3 is 5.32 Å². The van der Waals surface area contributed by atoms with Crippen LogP contribution in [-0.2, 0) is 19.9 Å². The lowest BCUT2D eigenvalue weighted by molar-refractivity contribution is 0.102. The van der Waals surface area contributed by atoms with E-state index in [1.165, 1.54) is 42.5 Å². The van der Waals surface area contributed by atoms with Gasteiger partial charge in [0.05, 0.1) is 9.92 Å². The average molecular weight is 445 g/mol. The fraction of sp³-hybridized carbons (Fsp3) is 0.278. The van der Waals surface area contributed by atoms with Crippen molar-refractivity contribution in [1.82, 2.24) is 4.72 Å². The highest BCUT2D eigenvalue weighted by Gasteiger charge is 2.25. The van der Waals surface area contributed by atoms with Crippen LogP contribution in [-0.4, -0.2) is 34.5 Å². The number of hydrogen-bond donors (Lipinski definition) is 2. The van der Waals surface area contributed by atoms with Crippen molar-refractivity contribution in [3.05, 3.63) is 53.1 Å². The van der Waals surface area contributed by atoms with E-state index < -0.39 is 31.3 Å². The number of benzene rings is 2. The minimum atomic E-state index is -3.93. The average Bonchev–Trinajstić information content (AvgIpc) is 2.52. The molecule has 2 aromatic carbocycles. The molecule has 10 heteroatoms. The van der Waals surface area contributed by atoms with Crippen molar-refractivity contribution in [1.29, 1.82) is 0 Å². The van der Waals surface area contributed by atoms with Gasteiger partial charge >= 0.3 is 0 Å². The van der Waals surface area contributed by atoms with Crippen molar-refractivity contribution >= 4 is 43.1 Å². The Bertz CT molecular complexity index is 1100. The third-order valence-electron chi connectivity index (χ3n) is 3.46. The number of carbonyl (C=O) groups excluding carboxylic acids is 1. The monoisotopic (exact) mass is 444 g/mol. The highest BCUT2D eigenvalue weighted by molar-refractivity contribution is 7.90. The van der Waals surface area contributed by atoms with Crippen LogP contribution in [0.25, 0.3) is 0 Å². The maximum absolute atomic E-state index is 12.5. The second-order valence-electron chi connectivity index (χ2n) is 7.25. The molecule has 0 unspecified atom stereocenters. The number of amides is 1. The van der Waals surface area contributed by atoms with Gasteiger partial charge in [-0.25, -0.2) is 21.6 Å². The highest BCUT2D eigenvalue weighted by atomic mass is 35.5. The summed E-state index contributed by atoms with van der Waals surface area (Å²) in [5, 5.41) is 2.58. The first kappa shape index (κ1) is 22.4. The molecular formula is C18H21ClN2O5S2. The van der Waals surface area contributed by atoms with Crippen LogP contribution in [0.15, 0.2) is 52.3 Å². The molecule has 2 N–H and O–H groups in total. The SMILES string of the molecule is CC(C)(C)NS(=O)(=O)c1cc(C(=O)Nc2ccc(S(C)(=O)=O)cc2)ccc1Cl. The Balaban J connectivity index is 2.30. The Morgan fingerprint density at radius 3 is 2.04 bits per heavy atom. The summed E-state index contributed by atoms with van der Waals surface area (Å²) in [4.78, 5) is 12.4. The van der Waals surface area contributed by atoms with E-state index in [1.807, 2.05) is 0 Å². The van der Waals surface area contributed by atoms with Crippen molar-refractivity contribution in [3.63, 3.8) is 0 Å². The van der Waals surface area contributed by atoms with Gasteiger partial charge in [-0.05, 0) is 63.2 Å². The molecule has 0 aliphatic rings. The summed E-state index contributed by atoms with van der Waals surface area (Å²) in [6.07, 6.45) is 1.09. The van der Waals surface area contributed by atoms with Crippen LogP contribution in [0, 0.1) is 0 Å². The van der Waals surface area contributed by atoms with E-state index in [4.69, 9.17) is 11.6 Å². The van der Waals surface area contributed by atoms with Crippen LogP contribution in [0.5, 0.6) is 0 Å². The molecule has 0 saturated carbocycles. The molecule has 0 aliphatic carbocycles. The third-order valence-corrected chi connectivity index (χ3v) is 6.83. The summed E-state index contributed by atoms with van der Waals surface area (Å²) in [5.74, 6) is -0.559. The first-order valence-corrected chi connectivity index (χ1v) is 11.9. The van der Waals surface area contributed by atoms with Crippen molar-refractivity contribution in [2.24, 2.45) is 0 Å². The molecule has 2 rings (SSSR count). The molecule has 0 atom stereocenters. The van der Waals surface area contributed by atoms with Gasteiger partial charge in [-0.1, -0.05) is 11.6 Å². The smallest absolute Gasteiger partial charge is 0.255 e. The van der Waals surface area contributed by atoms with Crippen LogP contribution >= 0.6 is 11.6 Å². The van der Waals surface area contributed by atoms with E-state index in [0.29, 0.717) is 5.69 Å². The van der Waals surface area contributed by atoms with E-state index in [0.717, 1.165) is 6.26 Å². The van der Waals surface area contributed by atoms with Gasteiger partial charge in [0.25, 0.3) is 5.91 Å². The first-order valence-electron chi connectivity index (χ1n) is 8.14. The zero-order valence-corrected chi connectivity index (χ0v) is 18.2. The minimum Gasteiger partial charge on any atom is -0.322 e. The van der Waals surface area contributed by atoms with Gasteiger partial charge in [0.15, 0.2) is 9.84 Å². The normalized spacial score (nSPS) is 12.6. The van der Waals surface area contributed by atoms with Gasteiger partial charge in [0.2, 0.25) is 10.0 Å². The molecule has 0 radical (unpaired) electrons. The number of anilines is 1. The Morgan fingerprint density at radius 2 is 1.54 bits per heavy atom. The number of sulfonamides is 1. The predicted octanol–water partition coefficient (Wildman–Crippen LogP) is 3.07. The molecule has 28 heavy (non-hydrogen) atoms. The van der Waals surface area contributed by atoms with Gasteiger partial charge in [-0.15, -0.1) is 0 Å². The fourth-order valence-corrected chi connectivity index (χ4v) is 4.87. The van der Waals surface area contributed by atoms with Crippen LogP contribution in [0.4, 0.5) is 5.69 Å². The lowest BCUT2D eigenvalue weighted by Crippen LogP contribution is -2.40. The van der Waals surface area contributed by atoms with Gasteiger partial charge in [0.1, 0.15) is 4.90 Å². The summed E-state index contributed by atoms with van der Waals surface area (Å²) < 4.78 is 50.6. The van der Waals surface area contributed by atoms with Crippen molar-refractivity contribution in [2.75, 3.05) is 11.6 Å². The van der Waals surface area contributed by atoms with E-state index in [9.17, 15) is 21.6 Å². The summed E-state index contributed by atoms with van der Waals surface area (Å²) in [6.45, 7) is 5.07. The van der Waals surface area contributed by atoms with Crippen LogP contribution in [0.3, 0.4) is 0 Å². The summed E-state index contributed by atoms with van der Waals surface area (Å²) in [7, 11) is -7.27. The molecule has 2 aromatic rings. The molecule has 0 heterocycles. The summed E-state index contributed by atoms with van der Waals surface area (Å²) in [6, 6.07) is 9.56. The Morgan fingerprint density at radius 1 is 0.964 bits per heavy atom. The summed E-state index contributed by atoms with van der Waals surface area (Å²) >= 11 is 6.03. The minimum absolute atomic E-state index is 0.00851. The number of nitrogens with one attached hydrogen (secondary N) is 2. The second-order valence-corrected chi connectivity index (χ2v) is 11.3. The number of hydrogen-bond acceptors (Lipinski definition) is 5. The molecule has 1 amide bonds. The maximum Gasteiger partial charge on any atom is 0.255 e. The topological polar surface area (TPSA) is 109 Å². The van der Waals surface area contributed by atoms with E-state index >= 15 is 0 Å². The molecule has 0 spiro atoms. The molecule has 7 nitrogen and oxygen atoms in total. The summed E-state index contributed by atoms with van der Waals surface area (Å²) in [5.41, 5.74) is -0.266. The molecular weight excluding hydrogens is 424 g/mol. The molecule has 0 fully saturated rings. The molecule has 0 saturated heterocycles. The van der Waals surface area contributed by atoms with E-state index in [1.54, 1.807) is 20.8 Å². The van der Waals surface area contributed by atoms with Gasteiger partial charge in [-0.3, -0.25) is 4.79 Å². The zero-order valence-electron chi connectivity index (χ0n) is 15.8. The van der Waals surface area contributed by atoms with E-state index in [-0.39, 0.29) is 20.4 Å². The first-order chi connectivity index (χ1) is 12.7. The third kappa shape index (κ3) is 5.78. The van der Waals surface area contributed by atoms with Crippen molar-refractivity contribution in [2.45, 2.75) is 36.1 Å². The molecule has 152 valence electrons. The van der Waals surface area contributed by atoms with Gasteiger partial charge in [-0.2, -0.15) is 0 Å².